The normalized spacial score (nSPS) is 12.4. The van der Waals surface area contributed by atoms with E-state index in [-0.39, 0.29) is 18.3 Å². The van der Waals surface area contributed by atoms with Gasteiger partial charge in [0.15, 0.2) is 0 Å². The number of phenolic OH excluding ortho intramolecular Hbond substituents is 1. The summed E-state index contributed by atoms with van der Waals surface area (Å²) in [5.41, 5.74) is 6.90. The standard InChI is InChI=1S/C23H21NO3/c1-14-12-22(25)15(2)11-21(14)24-23(26)27-13-20-18-9-5-3-7-16(18)17-8-4-6-10-19(17)20/h3-12,20,25H,13H2,1-2H3,(H,24,26). The third-order valence-corrected chi connectivity index (χ3v) is 5.12. The van der Waals surface area contributed by atoms with Crippen molar-refractivity contribution in [2.45, 2.75) is 19.8 Å². The van der Waals surface area contributed by atoms with E-state index in [0.717, 1.165) is 5.56 Å². The molecule has 0 saturated carbocycles. The van der Waals surface area contributed by atoms with Gasteiger partial charge in [0.25, 0.3) is 0 Å². The molecule has 1 aliphatic rings. The first-order valence-electron chi connectivity index (χ1n) is 8.97. The van der Waals surface area contributed by atoms with Crippen LogP contribution in [0.15, 0.2) is 60.7 Å². The fourth-order valence-corrected chi connectivity index (χ4v) is 3.68. The van der Waals surface area contributed by atoms with Gasteiger partial charge in [0.05, 0.1) is 0 Å². The summed E-state index contributed by atoms with van der Waals surface area (Å²) in [6, 6.07) is 19.9. The van der Waals surface area contributed by atoms with Gasteiger partial charge < -0.3 is 9.84 Å². The summed E-state index contributed by atoms with van der Waals surface area (Å²) < 4.78 is 5.56. The fraction of sp³-hybridized carbons (Fsp3) is 0.174. The number of phenols is 1. The van der Waals surface area contributed by atoms with Crippen LogP contribution in [0.3, 0.4) is 0 Å². The van der Waals surface area contributed by atoms with Crippen LogP contribution >= 0.6 is 0 Å². The molecule has 0 saturated heterocycles. The second kappa shape index (κ2) is 6.80. The lowest BCUT2D eigenvalue weighted by atomic mass is 9.98. The molecule has 0 spiro atoms. The lowest BCUT2D eigenvalue weighted by Crippen LogP contribution is -2.18. The lowest BCUT2D eigenvalue weighted by Gasteiger charge is -2.15. The molecular formula is C23H21NO3. The molecule has 4 rings (SSSR count). The van der Waals surface area contributed by atoms with Crippen LogP contribution in [0.5, 0.6) is 5.75 Å². The number of nitrogens with one attached hydrogen (secondary N) is 1. The minimum Gasteiger partial charge on any atom is -0.508 e. The smallest absolute Gasteiger partial charge is 0.411 e. The van der Waals surface area contributed by atoms with Gasteiger partial charge in [-0.15, -0.1) is 0 Å². The highest BCUT2D eigenvalue weighted by molar-refractivity contribution is 5.86. The van der Waals surface area contributed by atoms with Gasteiger partial charge in [-0.25, -0.2) is 4.79 Å². The molecule has 4 nitrogen and oxygen atoms in total. The van der Waals surface area contributed by atoms with Crippen LogP contribution in [0.4, 0.5) is 10.5 Å². The largest absolute Gasteiger partial charge is 0.508 e. The van der Waals surface area contributed by atoms with Gasteiger partial charge in [0, 0.05) is 11.6 Å². The molecular weight excluding hydrogens is 338 g/mol. The van der Waals surface area contributed by atoms with E-state index < -0.39 is 6.09 Å². The zero-order valence-corrected chi connectivity index (χ0v) is 15.3. The number of anilines is 1. The molecule has 1 amide bonds. The minimum absolute atomic E-state index is 0.0331. The van der Waals surface area contributed by atoms with E-state index in [9.17, 15) is 9.90 Å². The Hall–Kier alpha value is -3.27. The van der Waals surface area contributed by atoms with Crippen LogP contribution in [-0.2, 0) is 4.74 Å². The van der Waals surface area contributed by atoms with Gasteiger partial charge in [-0.2, -0.15) is 0 Å². The SMILES string of the molecule is Cc1cc(NC(=O)OCC2c3ccccc3-c3ccccc32)c(C)cc1O. The Morgan fingerprint density at radius 2 is 1.56 bits per heavy atom. The fourth-order valence-electron chi connectivity index (χ4n) is 3.68. The second-order valence-corrected chi connectivity index (χ2v) is 6.90. The summed E-state index contributed by atoms with van der Waals surface area (Å²) in [6.45, 7) is 3.89. The van der Waals surface area contributed by atoms with Gasteiger partial charge >= 0.3 is 6.09 Å². The number of aryl methyl sites for hydroxylation is 2. The van der Waals surface area contributed by atoms with E-state index in [2.05, 4.69) is 29.6 Å². The monoisotopic (exact) mass is 359 g/mol. The topological polar surface area (TPSA) is 58.6 Å². The lowest BCUT2D eigenvalue weighted by molar-refractivity contribution is 0.158. The molecule has 0 unspecified atom stereocenters. The van der Waals surface area contributed by atoms with Crippen molar-refractivity contribution < 1.29 is 14.6 Å². The van der Waals surface area contributed by atoms with Crippen molar-refractivity contribution in [3.05, 3.63) is 82.9 Å². The molecule has 0 bridgehead atoms. The first-order chi connectivity index (χ1) is 13.0. The number of carbonyl (C=O) groups excluding carboxylic acids is 1. The van der Waals surface area contributed by atoms with Crippen LogP contribution in [0.25, 0.3) is 11.1 Å². The Morgan fingerprint density at radius 3 is 2.19 bits per heavy atom. The van der Waals surface area contributed by atoms with E-state index in [0.29, 0.717) is 11.3 Å². The Bertz CT molecular complexity index is 980. The zero-order valence-electron chi connectivity index (χ0n) is 15.3. The van der Waals surface area contributed by atoms with Gasteiger partial charge in [-0.3, -0.25) is 5.32 Å². The number of hydrogen-bond donors (Lipinski definition) is 2. The first-order valence-corrected chi connectivity index (χ1v) is 8.97. The molecule has 3 aromatic carbocycles. The summed E-state index contributed by atoms with van der Waals surface area (Å²) in [7, 11) is 0. The summed E-state index contributed by atoms with van der Waals surface area (Å²) in [4.78, 5) is 12.3. The second-order valence-electron chi connectivity index (χ2n) is 6.90. The van der Waals surface area contributed by atoms with Crippen molar-refractivity contribution in [1.29, 1.82) is 0 Å². The van der Waals surface area contributed by atoms with E-state index in [1.165, 1.54) is 22.3 Å². The third kappa shape index (κ3) is 3.14. The maximum Gasteiger partial charge on any atom is 0.411 e. The molecule has 0 fully saturated rings. The van der Waals surface area contributed by atoms with Crippen molar-refractivity contribution >= 4 is 11.8 Å². The Kier molecular flexibility index (Phi) is 4.32. The van der Waals surface area contributed by atoms with E-state index >= 15 is 0 Å². The van der Waals surface area contributed by atoms with Gasteiger partial charge in [-0.1, -0.05) is 48.5 Å². The molecule has 4 heteroatoms. The molecule has 0 aliphatic heterocycles. The van der Waals surface area contributed by atoms with E-state index in [4.69, 9.17) is 4.74 Å². The predicted molar refractivity (Wildman–Crippen MR) is 106 cm³/mol. The van der Waals surface area contributed by atoms with Crippen molar-refractivity contribution in [1.82, 2.24) is 0 Å². The Morgan fingerprint density at radius 1 is 0.963 bits per heavy atom. The molecule has 1 aliphatic carbocycles. The number of rotatable bonds is 3. The zero-order chi connectivity index (χ0) is 19.0. The Labute approximate surface area is 158 Å². The number of hydrogen-bond acceptors (Lipinski definition) is 3. The summed E-state index contributed by atoms with van der Waals surface area (Å²) in [5.74, 6) is 0.247. The van der Waals surface area contributed by atoms with Crippen LogP contribution < -0.4 is 5.32 Å². The minimum atomic E-state index is -0.495. The van der Waals surface area contributed by atoms with Crippen LogP contribution in [0.2, 0.25) is 0 Å². The maximum atomic E-state index is 12.3. The van der Waals surface area contributed by atoms with Crippen molar-refractivity contribution in [3.63, 3.8) is 0 Å². The van der Waals surface area contributed by atoms with Gasteiger partial charge in [0.2, 0.25) is 0 Å². The maximum absolute atomic E-state index is 12.3. The Balaban J connectivity index is 1.51. The average molecular weight is 359 g/mol. The average Bonchev–Trinajstić information content (AvgIpc) is 2.98. The number of benzene rings is 3. The summed E-state index contributed by atoms with van der Waals surface area (Å²) in [5, 5.41) is 12.5. The number of ether oxygens (including phenoxy) is 1. The number of fused-ring (bicyclic) bond motifs is 3. The number of aromatic hydroxyl groups is 1. The molecule has 2 N–H and O–H groups in total. The van der Waals surface area contributed by atoms with Crippen molar-refractivity contribution in [3.8, 4) is 16.9 Å². The highest BCUT2D eigenvalue weighted by Gasteiger charge is 2.29. The highest BCUT2D eigenvalue weighted by Crippen LogP contribution is 2.44. The van der Waals surface area contributed by atoms with E-state index in [1.54, 1.807) is 19.1 Å². The molecule has 3 aromatic rings. The summed E-state index contributed by atoms with van der Waals surface area (Å²) in [6.07, 6.45) is -0.495. The van der Waals surface area contributed by atoms with Crippen LogP contribution in [0, 0.1) is 13.8 Å². The molecule has 0 aromatic heterocycles. The van der Waals surface area contributed by atoms with Gasteiger partial charge in [-0.05, 0) is 59.4 Å². The third-order valence-electron chi connectivity index (χ3n) is 5.12. The molecule has 27 heavy (non-hydrogen) atoms. The molecule has 0 heterocycles. The van der Waals surface area contributed by atoms with Crippen molar-refractivity contribution in [2.75, 3.05) is 11.9 Å². The van der Waals surface area contributed by atoms with Gasteiger partial charge in [0.1, 0.15) is 12.4 Å². The number of carbonyl (C=O) groups is 1. The molecule has 136 valence electrons. The quantitative estimate of drug-likeness (QED) is 0.618. The van der Waals surface area contributed by atoms with Crippen molar-refractivity contribution in [2.24, 2.45) is 0 Å². The first kappa shape index (κ1) is 17.2. The molecule has 0 radical (unpaired) electrons. The predicted octanol–water partition coefficient (Wildman–Crippen LogP) is 5.37. The summed E-state index contributed by atoms with van der Waals surface area (Å²) >= 11 is 0. The van der Waals surface area contributed by atoms with Crippen LogP contribution in [-0.4, -0.2) is 17.8 Å². The number of amides is 1. The van der Waals surface area contributed by atoms with E-state index in [1.807, 2.05) is 31.2 Å². The van der Waals surface area contributed by atoms with Crippen LogP contribution in [0.1, 0.15) is 28.2 Å². The highest BCUT2D eigenvalue weighted by atomic mass is 16.5. The molecule has 0 atom stereocenters.